The summed E-state index contributed by atoms with van der Waals surface area (Å²) in [5, 5.41) is 8.96. The van der Waals surface area contributed by atoms with Gasteiger partial charge in [0.1, 0.15) is 0 Å². The van der Waals surface area contributed by atoms with Crippen molar-refractivity contribution in [3.05, 3.63) is 29.3 Å². The third-order valence-electron chi connectivity index (χ3n) is 4.01. The lowest BCUT2D eigenvalue weighted by Gasteiger charge is -2.14. The average molecular weight is 352 g/mol. The van der Waals surface area contributed by atoms with E-state index >= 15 is 0 Å². The van der Waals surface area contributed by atoms with Crippen LogP contribution in [0.25, 0.3) is 0 Å². The van der Waals surface area contributed by atoms with Crippen LogP contribution in [0.3, 0.4) is 0 Å². The lowest BCUT2D eigenvalue weighted by molar-refractivity contribution is -0.144. The molecule has 0 fully saturated rings. The Bertz CT molecular complexity index is 542. The number of carboxylic acids is 1. The predicted octanol–water partition coefficient (Wildman–Crippen LogP) is 4.94. The predicted molar refractivity (Wildman–Crippen MR) is 97.7 cm³/mol. The van der Waals surface area contributed by atoms with Crippen LogP contribution in [0.2, 0.25) is 0 Å². The normalized spacial score (nSPS) is 12.0. The minimum Gasteiger partial charge on any atom is -0.478 e. The molecule has 0 aliphatic heterocycles. The van der Waals surface area contributed by atoms with Crippen LogP contribution in [0.15, 0.2) is 23.1 Å². The van der Waals surface area contributed by atoms with Crippen molar-refractivity contribution in [3.63, 3.8) is 0 Å². The monoisotopic (exact) mass is 352 g/mol. The second-order valence-electron chi connectivity index (χ2n) is 5.98. The number of rotatable bonds is 11. The highest BCUT2D eigenvalue weighted by molar-refractivity contribution is 7.99. The molecule has 0 aromatic heterocycles. The molecular weight excluding hydrogens is 324 g/mol. The molecule has 1 N–H and O–H groups in total. The summed E-state index contributed by atoms with van der Waals surface area (Å²) in [7, 11) is 0. The van der Waals surface area contributed by atoms with E-state index in [-0.39, 0.29) is 11.5 Å². The number of carbonyl (C=O) groups is 2. The SMILES string of the molecule is CCCCC(CC)COC(=O)CCSc1ccc(C(=O)O)cc1C. The molecule has 1 rings (SSSR count). The van der Waals surface area contributed by atoms with E-state index in [0.717, 1.165) is 23.3 Å². The zero-order chi connectivity index (χ0) is 17.9. The third-order valence-corrected chi connectivity index (χ3v) is 5.19. The number of thioether (sulfide) groups is 1. The van der Waals surface area contributed by atoms with Gasteiger partial charge in [-0.15, -0.1) is 11.8 Å². The van der Waals surface area contributed by atoms with Gasteiger partial charge in [0, 0.05) is 10.6 Å². The van der Waals surface area contributed by atoms with Crippen molar-refractivity contribution in [2.45, 2.75) is 57.8 Å². The Labute approximate surface area is 149 Å². The maximum atomic E-state index is 11.8. The van der Waals surface area contributed by atoms with E-state index < -0.39 is 5.97 Å². The maximum absolute atomic E-state index is 11.8. The van der Waals surface area contributed by atoms with Crippen LogP contribution in [-0.2, 0) is 9.53 Å². The Balaban J connectivity index is 2.34. The van der Waals surface area contributed by atoms with Crippen LogP contribution in [-0.4, -0.2) is 29.4 Å². The van der Waals surface area contributed by atoms with Crippen LogP contribution in [0.4, 0.5) is 0 Å². The molecule has 0 amide bonds. The summed E-state index contributed by atoms with van der Waals surface area (Å²) < 4.78 is 5.38. The Hall–Kier alpha value is -1.49. The quantitative estimate of drug-likeness (QED) is 0.452. The van der Waals surface area contributed by atoms with Gasteiger partial charge in [0.25, 0.3) is 0 Å². The highest BCUT2D eigenvalue weighted by atomic mass is 32.2. The molecule has 1 aromatic carbocycles. The molecular formula is C19H28O4S. The summed E-state index contributed by atoms with van der Waals surface area (Å²) in [5.41, 5.74) is 1.20. The maximum Gasteiger partial charge on any atom is 0.335 e. The Kier molecular flexibility index (Phi) is 9.53. The topological polar surface area (TPSA) is 63.6 Å². The number of hydrogen-bond acceptors (Lipinski definition) is 4. The summed E-state index contributed by atoms with van der Waals surface area (Å²) in [6.07, 6.45) is 4.87. The lowest BCUT2D eigenvalue weighted by Crippen LogP contribution is -2.14. The largest absolute Gasteiger partial charge is 0.478 e. The number of unbranched alkanes of at least 4 members (excludes halogenated alkanes) is 1. The fourth-order valence-electron chi connectivity index (χ4n) is 2.37. The molecule has 0 saturated carbocycles. The van der Waals surface area contributed by atoms with Crippen molar-refractivity contribution in [2.75, 3.05) is 12.4 Å². The van der Waals surface area contributed by atoms with Crippen molar-refractivity contribution >= 4 is 23.7 Å². The highest BCUT2D eigenvalue weighted by Crippen LogP contribution is 2.24. The van der Waals surface area contributed by atoms with E-state index in [9.17, 15) is 9.59 Å². The van der Waals surface area contributed by atoms with Gasteiger partial charge in [0.05, 0.1) is 18.6 Å². The second-order valence-corrected chi connectivity index (χ2v) is 7.12. The molecule has 1 unspecified atom stereocenters. The van der Waals surface area contributed by atoms with Gasteiger partial charge in [-0.3, -0.25) is 4.79 Å². The number of benzene rings is 1. The van der Waals surface area contributed by atoms with Crippen molar-refractivity contribution in [2.24, 2.45) is 5.92 Å². The summed E-state index contributed by atoms with van der Waals surface area (Å²) >= 11 is 1.56. The number of esters is 1. The molecule has 134 valence electrons. The first-order chi connectivity index (χ1) is 11.5. The smallest absolute Gasteiger partial charge is 0.335 e. The van der Waals surface area contributed by atoms with Crippen molar-refractivity contribution < 1.29 is 19.4 Å². The molecule has 0 aliphatic rings. The van der Waals surface area contributed by atoms with Gasteiger partial charge in [-0.25, -0.2) is 4.79 Å². The van der Waals surface area contributed by atoms with Crippen molar-refractivity contribution in [1.29, 1.82) is 0 Å². The number of hydrogen-bond donors (Lipinski definition) is 1. The first-order valence-electron chi connectivity index (χ1n) is 8.60. The highest BCUT2D eigenvalue weighted by Gasteiger charge is 2.11. The van der Waals surface area contributed by atoms with Crippen LogP contribution < -0.4 is 0 Å². The van der Waals surface area contributed by atoms with Crippen LogP contribution in [0, 0.1) is 12.8 Å². The summed E-state index contributed by atoms with van der Waals surface area (Å²) in [6, 6.07) is 5.05. The number of aromatic carboxylic acids is 1. The van der Waals surface area contributed by atoms with E-state index in [4.69, 9.17) is 9.84 Å². The molecule has 4 nitrogen and oxygen atoms in total. The number of carboxylic acid groups (broad SMARTS) is 1. The van der Waals surface area contributed by atoms with E-state index in [0.29, 0.717) is 24.7 Å². The summed E-state index contributed by atoms with van der Waals surface area (Å²) in [6.45, 7) is 6.70. The van der Waals surface area contributed by atoms with E-state index in [2.05, 4.69) is 13.8 Å². The fraction of sp³-hybridized carbons (Fsp3) is 0.579. The average Bonchev–Trinajstić information content (AvgIpc) is 2.56. The van der Waals surface area contributed by atoms with Gasteiger partial charge in [-0.2, -0.15) is 0 Å². The molecule has 0 aliphatic carbocycles. The van der Waals surface area contributed by atoms with E-state index in [1.807, 2.05) is 6.92 Å². The molecule has 0 bridgehead atoms. The lowest BCUT2D eigenvalue weighted by atomic mass is 10.0. The van der Waals surface area contributed by atoms with Gasteiger partial charge in [-0.1, -0.05) is 33.1 Å². The number of aryl methyl sites for hydroxylation is 1. The van der Waals surface area contributed by atoms with E-state index in [1.165, 1.54) is 12.8 Å². The molecule has 0 spiro atoms. The molecule has 24 heavy (non-hydrogen) atoms. The van der Waals surface area contributed by atoms with Crippen molar-refractivity contribution in [3.8, 4) is 0 Å². The molecule has 0 radical (unpaired) electrons. The van der Waals surface area contributed by atoms with Crippen LogP contribution in [0.1, 0.15) is 61.9 Å². The van der Waals surface area contributed by atoms with E-state index in [1.54, 1.807) is 30.0 Å². The van der Waals surface area contributed by atoms with Gasteiger partial charge in [0.15, 0.2) is 0 Å². The Morgan fingerprint density at radius 1 is 1.29 bits per heavy atom. The Morgan fingerprint density at radius 2 is 2.04 bits per heavy atom. The molecule has 0 saturated heterocycles. The first kappa shape index (κ1) is 20.6. The first-order valence-corrected chi connectivity index (χ1v) is 9.58. The van der Waals surface area contributed by atoms with Crippen LogP contribution in [0.5, 0.6) is 0 Å². The minimum atomic E-state index is -0.924. The molecule has 1 aromatic rings. The zero-order valence-corrected chi connectivity index (χ0v) is 15.7. The second kappa shape index (κ2) is 11.1. The fourth-order valence-corrected chi connectivity index (χ4v) is 3.31. The van der Waals surface area contributed by atoms with Gasteiger partial charge < -0.3 is 9.84 Å². The minimum absolute atomic E-state index is 0.155. The third kappa shape index (κ3) is 7.39. The van der Waals surface area contributed by atoms with Crippen LogP contribution >= 0.6 is 11.8 Å². The van der Waals surface area contributed by atoms with Gasteiger partial charge in [0.2, 0.25) is 0 Å². The standard InChI is InChI=1S/C19H28O4S/c1-4-6-7-15(5-2)13-23-18(20)10-11-24-17-9-8-16(19(21)22)12-14(17)3/h8-9,12,15H,4-7,10-11,13H2,1-3H3,(H,21,22). The Morgan fingerprint density at radius 3 is 2.62 bits per heavy atom. The summed E-state index contributed by atoms with van der Waals surface area (Å²) in [5.74, 6) is 0.0223. The summed E-state index contributed by atoms with van der Waals surface area (Å²) in [4.78, 5) is 23.8. The van der Waals surface area contributed by atoms with Gasteiger partial charge in [-0.05, 0) is 43.0 Å². The molecule has 5 heteroatoms. The zero-order valence-electron chi connectivity index (χ0n) is 14.8. The van der Waals surface area contributed by atoms with Crippen molar-refractivity contribution in [1.82, 2.24) is 0 Å². The molecule has 1 atom stereocenters. The van der Waals surface area contributed by atoms with Gasteiger partial charge >= 0.3 is 11.9 Å². The number of carbonyl (C=O) groups excluding carboxylic acids is 1. The number of ether oxygens (including phenoxy) is 1. The molecule has 0 heterocycles.